The first-order valence-corrected chi connectivity index (χ1v) is 10.4. The molecule has 9 heteroatoms. The number of thiophene rings is 1. The minimum Gasteiger partial charge on any atom is -0.444 e. The number of carbonyl (C=O) groups is 1. The second kappa shape index (κ2) is 7.08. The van der Waals surface area contributed by atoms with Crippen LogP contribution in [-0.4, -0.2) is 55.5 Å². The Morgan fingerprint density at radius 3 is 2.48 bits per heavy atom. The van der Waals surface area contributed by atoms with E-state index in [-0.39, 0.29) is 6.54 Å². The van der Waals surface area contributed by atoms with E-state index in [0.29, 0.717) is 30.3 Å². The number of carbonyl (C=O) groups excluding carboxylic acids is 1. The molecule has 2 rings (SSSR count). The first-order chi connectivity index (χ1) is 10.6. The van der Waals surface area contributed by atoms with Crippen molar-refractivity contribution in [1.29, 1.82) is 0 Å². The van der Waals surface area contributed by atoms with E-state index in [9.17, 15) is 13.2 Å². The van der Waals surface area contributed by atoms with Gasteiger partial charge in [-0.2, -0.15) is 4.31 Å². The molecule has 1 aliphatic rings. The van der Waals surface area contributed by atoms with Crippen LogP contribution in [0.2, 0.25) is 0 Å². The molecule has 23 heavy (non-hydrogen) atoms. The predicted molar refractivity (Wildman–Crippen MR) is 93.2 cm³/mol. The Bertz CT molecular complexity index is 667. The number of hydrogen-bond donors (Lipinski definition) is 0. The Balaban J connectivity index is 2.05. The second-order valence-electron chi connectivity index (χ2n) is 6.28. The largest absolute Gasteiger partial charge is 0.444 e. The lowest BCUT2D eigenvalue weighted by molar-refractivity contribution is 0.0260. The van der Waals surface area contributed by atoms with Crippen LogP contribution >= 0.6 is 27.3 Å². The summed E-state index contributed by atoms with van der Waals surface area (Å²) in [6, 6.07) is 3.32. The standard InChI is InChI=1S/C14H21BrN2O4S2/c1-14(2,3)21-13(18)16-7-4-8-17(10-9-16)23(19,20)12-6-5-11(15)22-12/h5-6H,4,7-10H2,1-3H3. The third kappa shape index (κ3) is 4.91. The van der Waals surface area contributed by atoms with Gasteiger partial charge in [0.2, 0.25) is 0 Å². The van der Waals surface area contributed by atoms with Gasteiger partial charge >= 0.3 is 6.09 Å². The maximum absolute atomic E-state index is 12.6. The van der Waals surface area contributed by atoms with Gasteiger partial charge in [-0.05, 0) is 55.3 Å². The monoisotopic (exact) mass is 424 g/mol. The van der Waals surface area contributed by atoms with Gasteiger partial charge in [-0.1, -0.05) is 0 Å². The molecule has 0 aromatic carbocycles. The van der Waals surface area contributed by atoms with E-state index in [2.05, 4.69) is 15.9 Å². The van der Waals surface area contributed by atoms with Gasteiger partial charge in [0.1, 0.15) is 9.81 Å². The Morgan fingerprint density at radius 1 is 1.22 bits per heavy atom. The van der Waals surface area contributed by atoms with Crippen LogP contribution in [0, 0.1) is 0 Å². The normalized spacial score (nSPS) is 17.8. The molecule has 0 bridgehead atoms. The molecule has 2 heterocycles. The van der Waals surface area contributed by atoms with Crippen LogP contribution in [0.5, 0.6) is 0 Å². The Hall–Kier alpha value is -0.640. The summed E-state index contributed by atoms with van der Waals surface area (Å²) >= 11 is 4.48. The molecule has 1 amide bonds. The third-order valence-electron chi connectivity index (χ3n) is 3.25. The lowest BCUT2D eigenvalue weighted by atomic mass is 10.2. The van der Waals surface area contributed by atoms with Crippen molar-refractivity contribution in [2.75, 3.05) is 26.2 Å². The van der Waals surface area contributed by atoms with Crippen LogP contribution in [0.1, 0.15) is 27.2 Å². The topological polar surface area (TPSA) is 66.9 Å². The van der Waals surface area contributed by atoms with Crippen LogP contribution < -0.4 is 0 Å². The molecule has 130 valence electrons. The summed E-state index contributed by atoms with van der Waals surface area (Å²) in [5, 5.41) is 0. The van der Waals surface area contributed by atoms with Gasteiger partial charge in [-0.3, -0.25) is 0 Å². The maximum atomic E-state index is 12.6. The van der Waals surface area contributed by atoms with E-state index in [0.717, 1.165) is 3.79 Å². The fourth-order valence-corrected chi connectivity index (χ4v) is 5.84. The number of amides is 1. The molecule has 1 fully saturated rings. The Kier molecular flexibility index (Phi) is 5.76. The lowest BCUT2D eigenvalue weighted by Crippen LogP contribution is -2.40. The zero-order valence-electron chi connectivity index (χ0n) is 13.4. The van der Waals surface area contributed by atoms with Crippen LogP contribution in [-0.2, 0) is 14.8 Å². The number of rotatable bonds is 2. The maximum Gasteiger partial charge on any atom is 0.410 e. The predicted octanol–water partition coefficient (Wildman–Crippen LogP) is 3.14. The van der Waals surface area contributed by atoms with Gasteiger partial charge in [-0.25, -0.2) is 13.2 Å². The molecular formula is C14H21BrN2O4S2. The van der Waals surface area contributed by atoms with Crippen molar-refractivity contribution >= 4 is 43.4 Å². The molecule has 0 N–H and O–H groups in total. The number of nitrogens with zero attached hydrogens (tertiary/aromatic N) is 2. The van der Waals surface area contributed by atoms with Crippen molar-refractivity contribution in [2.24, 2.45) is 0 Å². The molecule has 0 atom stereocenters. The molecule has 0 saturated carbocycles. The number of ether oxygens (including phenoxy) is 1. The molecule has 0 unspecified atom stereocenters. The van der Waals surface area contributed by atoms with Gasteiger partial charge in [0.25, 0.3) is 10.0 Å². The second-order valence-corrected chi connectivity index (χ2v) is 10.9. The highest BCUT2D eigenvalue weighted by atomic mass is 79.9. The SMILES string of the molecule is CC(C)(C)OC(=O)N1CCCN(S(=O)(=O)c2ccc(Br)s2)CC1. The molecule has 1 aromatic heterocycles. The zero-order chi connectivity index (χ0) is 17.3. The van der Waals surface area contributed by atoms with E-state index >= 15 is 0 Å². The first-order valence-electron chi connectivity index (χ1n) is 7.33. The first kappa shape index (κ1) is 18.7. The quantitative estimate of drug-likeness (QED) is 0.730. The number of hydrogen-bond acceptors (Lipinski definition) is 5. The molecule has 0 spiro atoms. The summed E-state index contributed by atoms with van der Waals surface area (Å²) in [6.45, 7) is 6.94. The van der Waals surface area contributed by atoms with E-state index in [1.54, 1.807) is 17.0 Å². The van der Waals surface area contributed by atoms with Crippen molar-refractivity contribution in [3.05, 3.63) is 15.9 Å². The van der Waals surface area contributed by atoms with Gasteiger partial charge in [0.05, 0.1) is 3.79 Å². The highest BCUT2D eigenvalue weighted by Crippen LogP contribution is 2.29. The number of sulfonamides is 1. The molecular weight excluding hydrogens is 404 g/mol. The van der Waals surface area contributed by atoms with E-state index in [4.69, 9.17) is 4.74 Å². The van der Waals surface area contributed by atoms with Gasteiger partial charge in [0, 0.05) is 26.2 Å². The van der Waals surface area contributed by atoms with Crippen molar-refractivity contribution in [3.63, 3.8) is 0 Å². The smallest absolute Gasteiger partial charge is 0.410 e. The molecule has 1 aliphatic heterocycles. The van der Waals surface area contributed by atoms with E-state index in [1.807, 2.05) is 20.8 Å². The minimum atomic E-state index is -3.51. The third-order valence-corrected chi connectivity index (χ3v) is 7.24. The summed E-state index contributed by atoms with van der Waals surface area (Å²) in [5.41, 5.74) is -0.557. The fourth-order valence-electron chi connectivity index (χ4n) is 2.21. The minimum absolute atomic E-state index is 0.275. The highest BCUT2D eigenvalue weighted by Gasteiger charge is 2.30. The van der Waals surface area contributed by atoms with Crippen molar-refractivity contribution in [1.82, 2.24) is 9.21 Å². The summed E-state index contributed by atoms with van der Waals surface area (Å²) in [7, 11) is -3.51. The van der Waals surface area contributed by atoms with E-state index < -0.39 is 21.7 Å². The fraction of sp³-hybridized carbons (Fsp3) is 0.643. The van der Waals surface area contributed by atoms with Crippen molar-refractivity contribution in [2.45, 2.75) is 37.0 Å². The van der Waals surface area contributed by atoms with Gasteiger partial charge in [0.15, 0.2) is 0 Å². The van der Waals surface area contributed by atoms with Crippen LogP contribution in [0.4, 0.5) is 4.79 Å². The zero-order valence-corrected chi connectivity index (χ0v) is 16.6. The lowest BCUT2D eigenvalue weighted by Gasteiger charge is -2.26. The molecule has 1 aromatic rings. The summed E-state index contributed by atoms with van der Waals surface area (Å²) < 4.78 is 33.2. The summed E-state index contributed by atoms with van der Waals surface area (Å²) in [5.74, 6) is 0. The number of halogens is 1. The van der Waals surface area contributed by atoms with Gasteiger partial charge in [-0.15, -0.1) is 11.3 Å². The molecule has 0 radical (unpaired) electrons. The molecule has 1 saturated heterocycles. The van der Waals surface area contributed by atoms with Crippen LogP contribution in [0.3, 0.4) is 0 Å². The Labute approximate surface area is 149 Å². The molecule has 0 aliphatic carbocycles. The van der Waals surface area contributed by atoms with Gasteiger partial charge < -0.3 is 9.64 Å². The Morgan fingerprint density at radius 2 is 1.91 bits per heavy atom. The summed E-state index contributed by atoms with van der Waals surface area (Å²) in [4.78, 5) is 13.7. The summed E-state index contributed by atoms with van der Waals surface area (Å²) in [6.07, 6.45) is 0.195. The molecule has 6 nitrogen and oxygen atoms in total. The average Bonchev–Trinajstić information content (AvgIpc) is 2.72. The van der Waals surface area contributed by atoms with Crippen LogP contribution in [0.15, 0.2) is 20.1 Å². The van der Waals surface area contributed by atoms with E-state index in [1.165, 1.54) is 15.6 Å². The highest BCUT2D eigenvalue weighted by molar-refractivity contribution is 9.11. The van der Waals surface area contributed by atoms with Crippen LogP contribution in [0.25, 0.3) is 0 Å². The van der Waals surface area contributed by atoms with Crippen molar-refractivity contribution < 1.29 is 17.9 Å². The average molecular weight is 425 g/mol. The van der Waals surface area contributed by atoms with Crippen molar-refractivity contribution in [3.8, 4) is 0 Å².